The first-order chi connectivity index (χ1) is 9.95. The molecule has 2 rings (SSSR count). The number of hydrogen-bond acceptors (Lipinski definition) is 2. The van der Waals surface area contributed by atoms with Gasteiger partial charge in [0.15, 0.2) is 0 Å². The van der Waals surface area contributed by atoms with Gasteiger partial charge in [0.05, 0.1) is 11.1 Å². The molecule has 0 unspecified atom stereocenters. The van der Waals surface area contributed by atoms with Gasteiger partial charge in [0, 0.05) is 22.8 Å². The summed E-state index contributed by atoms with van der Waals surface area (Å²) in [5.41, 5.74) is 1.66. The highest BCUT2D eigenvalue weighted by Gasteiger charge is 2.07. The summed E-state index contributed by atoms with van der Waals surface area (Å²) >= 11 is 11.8. The highest BCUT2D eigenvalue weighted by Crippen LogP contribution is 2.26. The standard InChI is InChI=1S/C16H16Cl2FNO/c1-10(2)21-16-6-3-12(17)7-11(16)9-20-13-4-5-15(19)14(18)8-13/h3-8,10,20H,9H2,1-2H3. The number of anilines is 1. The Bertz CT molecular complexity index is 632. The summed E-state index contributed by atoms with van der Waals surface area (Å²) in [5.74, 6) is 0.337. The topological polar surface area (TPSA) is 21.3 Å². The molecule has 2 nitrogen and oxygen atoms in total. The SMILES string of the molecule is CC(C)Oc1ccc(Cl)cc1CNc1ccc(F)c(Cl)c1. The molecule has 0 atom stereocenters. The number of ether oxygens (including phenoxy) is 1. The molecule has 0 spiro atoms. The van der Waals surface area contributed by atoms with E-state index in [1.165, 1.54) is 6.07 Å². The maximum absolute atomic E-state index is 13.1. The van der Waals surface area contributed by atoms with E-state index in [4.69, 9.17) is 27.9 Å². The Labute approximate surface area is 133 Å². The van der Waals surface area contributed by atoms with Crippen molar-refractivity contribution in [1.29, 1.82) is 0 Å². The Morgan fingerprint density at radius 2 is 1.90 bits per heavy atom. The van der Waals surface area contributed by atoms with Crippen molar-refractivity contribution in [2.75, 3.05) is 5.32 Å². The molecule has 0 amide bonds. The smallest absolute Gasteiger partial charge is 0.141 e. The van der Waals surface area contributed by atoms with E-state index in [-0.39, 0.29) is 11.1 Å². The minimum absolute atomic E-state index is 0.0743. The van der Waals surface area contributed by atoms with Crippen molar-refractivity contribution in [2.24, 2.45) is 0 Å². The van der Waals surface area contributed by atoms with E-state index in [1.54, 1.807) is 18.2 Å². The summed E-state index contributed by atoms with van der Waals surface area (Å²) < 4.78 is 18.9. The van der Waals surface area contributed by atoms with Crippen LogP contribution in [0.15, 0.2) is 36.4 Å². The van der Waals surface area contributed by atoms with E-state index in [1.807, 2.05) is 26.0 Å². The molecule has 112 valence electrons. The van der Waals surface area contributed by atoms with Crippen molar-refractivity contribution >= 4 is 28.9 Å². The Balaban J connectivity index is 2.14. The van der Waals surface area contributed by atoms with Crippen molar-refractivity contribution < 1.29 is 9.13 Å². The van der Waals surface area contributed by atoms with Crippen LogP contribution in [-0.2, 0) is 6.54 Å². The third-order valence-electron chi connectivity index (χ3n) is 2.79. The predicted octanol–water partition coefficient (Wildman–Crippen LogP) is 5.53. The third kappa shape index (κ3) is 4.51. The van der Waals surface area contributed by atoms with E-state index in [0.29, 0.717) is 11.6 Å². The van der Waals surface area contributed by atoms with Crippen LogP contribution in [0.4, 0.5) is 10.1 Å². The maximum Gasteiger partial charge on any atom is 0.141 e. The highest BCUT2D eigenvalue weighted by atomic mass is 35.5. The van der Waals surface area contributed by atoms with Crippen molar-refractivity contribution in [1.82, 2.24) is 0 Å². The van der Waals surface area contributed by atoms with Gasteiger partial charge < -0.3 is 10.1 Å². The average molecular weight is 328 g/mol. The van der Waals surface area contributed by atoms with Crippen LogP contribution in [-0.4, -0.2) is 6.10 Å². The van der Waals surface area contributed by atoms with Crippen LogP contribution in [0.5, 0.6) is 5.75 Å². The molecule has 0 saturated carbocycles. The molecule has 1 N–H and O–H groups in total. The maximum atomic E-state index is 13.1. The molecule has 0 aliphatic rings. The van der Waals surface area contributed by atoms with E-state index < -0.39 is 5.82 Å². The second-order valence-corrected chi connectivity index (χ2v) is 5.74. The summed E-state index contributed by atoms with van der Waals surface area (Å²) in [5, 5.41) is 3.91. The number of hydrogen-bond donors (Lipinski definition) is 1. The quantitative estimate of drug-likeness (QED) is 0.779. The minimum Gasteiger partial charge on any atom is -0.491 e. The Kier molecular flexibility index (Phi) is 5.32. The van der Waals surface area contributed by atoms with Gasteiger partial charge in [-0.2, -0.15) is 0 Å². The van der Waals surface area contributed by atoms with Gasteiger partial charge in [0.25, 0.3) is 0 Å². The second-order valence-electron chi connectivity index (χ2n) is 4.90. The van der Waals surface area contributed by atoms with Gasteiger partial charge >= 0.3 is 0 Å². The minimum atomic E-state index is -0.436. The monoisotopic (exact) mass is 327 g/mol. The van der Waals surface area contributed by atoms with Crippen LogP contribution in [0.2, 0.25) is 10.0 Å². The van der Waals surface area contributed by atoms with Gasteiger partial charge in [-0.25, -0.2) is 4.39 Å². The summed E-state index contributed by atoms with van der Waals surface area (Å²) in [6.45, 7) is 4.43. The van der Waals surface area contributed by atoms with Gasteiger partial charge in [-0.1, -0.05) is 23.2 Å². The molecule has 0 heterocycles. The van der Waals surface area contributed by atoms with Crippen LogP contribution in [0, 0.1) is 5.82 Å². The van der Waals surface area contributed by atoms with E-state index in [0.717, 1.165) is 17.0 Å². The largest absolute Gasteiger partial charge is 0.491 e. The summed E-state index contributed by atoms with van der Waals surface area (Å²) in [6, 6.07) is 9.99. The van der Waals surface area contributed by atoms with Gasteiger partial charge in [0.2, 0.25) is 0 Å². The number of benzene rings is 2. The number of halogens is 3. The van der Waals surface area contributed by atoms with Crippen LogP contribution in [0.25, 0.3) is 0 Å². The molecule has 2 aromatic carbocycles. The second kappa shape index (κ2) is 7.01. The van der Waals surface area contributed by atoms with Crippen LogP contribution in [0.1, 0.15) is 19.4 Å². The van der Waals surface area contributed by atoms with E-state index in [2.05, 4.69) is 5.32 Å². The fourth-order valence-electron chi connectivity index (χ4n) is 1.86. The highest BCUT2D eigenvalue weighted by molar-refractivity contribution is 6.31. The van der Waals surface area contributed by atoms with E-state index >= 15 is 0 Å². The van der Waals surface area contributed by atoms with Crippen LogP contribution >= 0.6 is 23.2 Å². The lowest BCUT2D eigenvalue weighted by Crippen LogP contribution is -2.09. The molecule has 0 aliphatic carbocycles. The van der Waals surface area contributed by atoms with Gasteiger partial charge in [-0.15, -0.1) is 0 Å². The van der Waals surface area contributed by atoms with E-state index in [9.17, 15) is 4.39 Å². The summed E-state index contributed by atoms with van der Waals surface area (Å²) in [7, 11) is 0. The van der Waals surface area contributed by atoms with Crippen LogP contribution < -0.4 is 10.1 Å². The first-order valence-electron chi connectivity index (χ1n) is 6.59. The molecule has 0 aliphatic heterocycles. The van der Waals surface area contributed by atoms with Crippen molar-refractivity contribution in [2.45, 2.75) is 26.5 Å². The van der Waals surface area contributed by atoms with Crippen molar-refractivity contribution in [3.05, 3.63) is 57.8 Å². The first-order valence-corrected chi connectivity index (χ1v) is 7.35. The van der Waals surface area contributed by atoms with Crippen LogP contribution in [0.3, 0.4) is 0 Å². The molecular formula is C16H16Cl2FNO. The normalized spacial score (nSPS) is 10.8. The number of nitrogens with one attached hydrogen (secondary N) is 1. The average Bonchev–Trinajstić information content (AvgIpc) is 2.42. The fraction of sp³-hybridized carbons (Fsp3) is 0.250. The Hall–Kier alpha value is -1.45. The summed E-state index contributed by atoms with van der Waals surface area (Å²) in [6.07, 6.45) is 0.0743. The van der Waals surface area contributed by atoms with Gasteiger partial charge in [0.1, 0.15) is 11.6 Å². The van der Waals surface area contributed by atoms with Crippen molar-refractivity contribution in [3.8, 4) is 5.75 Å². The molecule has 21 heavy (non-hydrogen) atoms. The van der Waals surface area contributed by atoms with Crippen molar-refractivity contribution in [3.63, 3.8) is 0 Å². The third-order valence-corrected chi connectivity index (χ3v) is 3.31. The summed E-state index contributed by atoms with van der Waals surface area (Å²) in [4.78, 5) is 0. The Morgan fingerprint density at radius 3 is 2.57 bits per heavy atom. The first kappa shape index (κ1) is 15.9. The lowest BCUT2D eigenvalue weighted by Gasteiger charge is -2.15. The predicted molar refractivity (Wildman–Crippen MR) is 86.0 cm³/mol. The van der Waals surface area contributed by atoms with Gasteiger partial charge in [-0.05, 0) is 50.2 Å². The zero-order valence-electron chi connectivity index (χ0n) is 11.8. The lowest BCUT2D eigenvalue weighted by molar-refractivity contribution is 0.240. The molecule has 0 aromatic heterocycles. The Morgan fingerprint density at radius 1 is 1.14 bits per heavy atom. The fourth-order valence-corrected chi connectivity index (χ4v) is 2.23. The zero-order valence-corrected chi connectivity index (χ0v) is 13.3. The zero-order chi connectivity index (χ0) is 15.4. The lowest BCUT2D eigenvalue weighted by atomic mass is 10.2. The molecule has 5 heteroatoms. The molecule has 0 saturated heterocycles. The molecule has 0 bridgehead atoms. The van der Waals surface area contributed by atoms with Gasteiger partial charge in [-0.3, -0.25) is 0 Å². The molecular weight excluding hydrogens is 312 g/mol. The molecule has 0 radical (unpaired) electrons. The number of rotatable bonds is 5. The molecule has 0 fully saturated rings. The molecule has 2 aromatic rings.